The number of benzene rings is 1. The Morgan fingerprint density at radius 3 is 2.56 bits per heavy atom. The molecule has 0 aliphatic carbocycles. The van der Waals surface area contributed by atoms with E-state index in [1.165, 1.54) is 5.56 Å². The molecule has 1 aromatic carbocycles. The van der Waals surface area contributed by atoms with Gasteiger partial charge in [0.2, 0.25) is 0 Å². The molecule has 3 nitrogen and oxygen atoms in total. The van der Waals surface area contributed by atoms with Gasteiger partial charge in [0.1, 0.15) is 0 Å². The summed E-state index contributed by atoms with van der Waals surface area (Å²) in [5.41, 5.74) is 3.34. The lowest BCUT2D eigenvalue weighted by Crippen LogP contribution is -2.16. The molecule has 96 valence electrons. The zero-order valence-electron chi connectivity index (χ0n) is 11.0. The van der Waals surface area contributed by atoms with Crippen LogP contribution in [-0.4, -0.2) is 21.0 Å². The van der Waals surface area contributed by atoms with Gasteiger partial charge >= 0.3 is 0 Å². The fourth-order valence-corrected chi connectivity index (χ4v) is 2.14. The van der Waals surface area contributed by atoms with Gasteiger partial charge in [-0.05, 0) is 24.5 Å². The van der Waals surface area contributed by atoms with Crippen LogP contribution in [0.2, 0.25) is 0 Å². The highest BCUT2D eigenvalue weighted by atomic mass is 16.3. The Bertz CT molecular complexity index is 490. The highest BCUT2D eigenvalue weighted by Crippen LogP contribution is 2.10. The van der Waals surface area contributed by atoms with Crippen LogP contribution in [0.15, 0.2) is 36.4 Å². The number of aliphatic hydroxyl groups excluding tert-OH is 1. The Morgan fingerprint density at radius 2 is 1.94 bits per heavy atom. The maximum Gasteiger partial charge on any atom is 0.0635 e. The molecule has 0 bridgehead atoms. The molecule has 1 atom stereocenters. The first-order valence-corrected chi connectivity index (χ1v) is 6.42. The Hall–Kier alpha value is -1.61. The van der Waals surface area contributed by atoms with Crippen molar-refractivity contribution in [1.29, 1.82) is 0 Å². The lowest BCUT2D eigenvalue weighted by Gasteiger charge is -2.10. The molecule has 0 aliphatic rings. The van der Waals surface area contributed by atoms with Gasteiger partial charge in [0, 0.05) is 19.2 Å². The van der Waals surface area contributed by atoms with E-state index in [2.05, 4.69) is 18.1 Å². The third-order valence-corrected chi connectivity index (χ3v) is 3.15. The van der Waals surface area contributed by atoms with E-state index < -0.39 is 0 Å². The summed E-state index contributed by atoms with van der Waals surface area (Å²) in [4.78, 5) is 0. The van der Waals surface area contributed by atoms with Crippen molar-refractivity contribution in [2.45, 2.75) is 32.3 Å². The highest BCUT2D eigenvalue weighted by Gasteiger charge is 2.11. The molecular weight excluding hydrogens is 224 g/mol. The van der Waals surface area contributed by atoms with Crippen molar-refractivity contribution in [2.24, 2.45) is 7.05 Å². The van der Waals surface area contributed by atoms with E-state index in [-0.39, 0.29) is 6.10 Å². The predicted molar refractivity (Wildman–Crippen MR) is 72.4 cm³/mol. The first-order valence-electron chi connectivity index (χ1n) is 6.42. The van der Waals surface area contributed by atoms with Gasteiger partial charge in [-0.25, -0.2) is 0 Å². The van der Waals surface area contributed by atoms with E-state index in [1.54, 1.807) is 0 Å². The van der Waals surface area contributed by atoms with Crippen LogP contribution in [0, 0.1) is 0 Å². The van der Waals surface area contributed by atoms with Crippen LogP contribution in [0.5, 0.6) is 0 Å². The molecule has 18 heavy (non-hydrogen) atoms. The Labute approximate surface area is 108 Å². The van der Waals surface area contributed by atoms with E-state index in [9.17, 15) is 5.11 Å². The van der Waals surface area contributed by atoms with Crippen LogP contribution in [-0.2, 0) is 26.3 Å². The van der Waals surface area contributed by atoms with E-state index in [0.29, 0.717) is 12.8 Å². The SMILES string of the molecule is CCc1cc(CC(O)Cc2ccccc2)n(C)n1. The monoisotopic (exact) mass is 244 g/mol. The summed E-state index contributed by atoms with van der Waals surface area (Å²) < 4.78 is 1.87. The number of aromatic nitrogens is 2. The van der Waals surface area contributed by atoms with Crippen LogP contribution in [0.3, 0.4) is 0 Å². The average Bonchev–Trinajstić information content (AvgIpc) is 2.71. The molecule has 0 fully saturated rings. The van der Waals surface area contributed by atoms with Crippen molar-refractivity contribution in [3.8, 4) is 0 Å². The molecule has 0 saturated carbocycles. The van der Waals surface area contributed by atoms with Gasteiger partial charge in [0.25, 0.3) is 0 Å². The number of nitrogens with zero attached hydrogens (tertiary/aromatic N) is 2. The van der Waals surface area contributed by atoms with Crippen molar-refractivity contribution in [1.82, 2.24) is 9.78 Å². The topological polar surface area (TPSA) is 38.0 Å². The molecule has 0 saturated heterocycles. The number of hydrogen-bond acceptors (Lipinski definition) is 2. The van der Waals surface area contributed by atoms with E-state index >= 15 is 0 Å². The molecule has 1 heterocycles. The molecule has 0 aliphatic heterocycles. The highest BCUT2D eigenvalue weighted by molar-refractivity contribution is 5.17. The van der Waals surface area contributed by atoms with Crippen LogP contribution in [0.25, 0.3) is 0 Å². The van der Waals surface area contributed by atoms with Crippen molar-refractivity contribution in [3.05, 3.63) is 53.3 Å². The van der Waals surface area contributed by atoms with Crippen LogP contribution in [0.4, 0.5) is 0 Å². The molecular formula is C15H20N2O. The lowest BCUT2D eigenvalue weighted by molar-refractivity contribution is 0.173. The molecule has 2 aromatic rings. The minimum Gasteiger partial charge on any atom is -0.392 e. The summed E-state index contributed by atoms with van der Waals surface area (Å²) in [6.45, 7) is 2.09. The standard InChI is InChI=1S/C15H20N2O/c1-3-13-10-14(17(2)16-13)11-15(18)9-12-7-5-4-6-8-12/h4-8,10,15,18H,3,9,11H2,1-2H3. The Morgan fingerprint density at radius 1 is 1.22 bits per heavy atom. The van der Waals surface area contributed by atoms with Crippen molar-refractivity contribution in [3.63, 3.8) is 0 Å². The second-order valence-corrected chi connectivity index (χ2v) is 4.65. The summed E-state index contributed by atoms with van der Waals surface area (Å²) in [6.07, 6.45) is 1.92. The molecule has 2 rings (SSSR count). The van der Waals surface area contributed by atoms with Crippen LogP contribution >= 0.6 is 0 Å². The van der Waals surface area contributed by atoms with E-state index in [0.717, 1.165) is 17.8 Å². The van der Waals surface area contributed by atoms with Gasteiger partial charge in [0.15, 0.2) is 0 Å². The van der Waals surface area contributed by atoms with Gasteiger partial charge in [-0.15, -0.1) is 0 Å². The van der Waals surface area contributed by atoms with Gasteiger partial charge in [0.05, 0.1) is 11.8 Å². The zero-order chi connectivity index (χ0) is 13.0. The normalized spacial score (nSPS) is 12.6. The Kier molecular flexibility index (Phi) is 4.15. The molecule has 0 amide bonds. The van der Waals surface area contributed by atoms with E-state index in [1.807, 2.05) is 42.1 Å². The number of rotatable bonds is 5. The van der Waals surface area contributed by atoms with Crippen molar-refractivity contribution < 1.29 is 5.11 Å². The lowest BCUT2D eigenvalue weighted by atomic mass is 10.0. The summed E-state index contributed by atoms with van der Waals surface area (Å²) in [7, 11) is 1.93. The number of aryl methyl sites for hydroxylation is 2. The minimum absolute atomic E-state index is 0.354. The minimum atomic E-state index is -0.354. The average molecular weight is 244 g/mol. The first-order chi connectivity index (χ1) is 8.69. The number of aliphatic hydroxyl groups is 1. The maximum atomic E-state index is 10.1. The second kappa shape index (κ2) is 5.83. The second-order valence-electron chi connectivity index (χ2n) is 4.65. The van der Waals surface area contributed by atoms with Crippen LogP contribution < -0.4 is 0 Å². The predicted octanol–water partition coefficient (Wildman–Crippen LogP) is 2.13. The summed E-state index contributed by atoms with van der Waals surface area (Å²) in [5.74, 6) is 0. The summed E-state index contributed by atoms with van der Waals surface area (Å²) in [5, 5.41) is 14.5. The van der Waals surface area contributed by atoms with Crippen molar-refractivity contribution in [2.75, 3.05) is 0 Å². The molecule has 0 spiro atoms. The fourth-order valence-electron chi connectivity index (χ4n) is 2.14. The molecule has 1 aromatic heterocycles. The third-order valence-electron chi connectivity index (χ3n) is 3.15. The quantitative estimate of drug-likeness (QED) is 0.875. The van der Waals surface area contributed by atoms with E-state index in [4.69, 9.17) is 0 Å². The molecule has 3 heteroatoms. The van der Waals surface area contributed by atoms with Gasteiger partial charge in [-0.2, -0.15) is 5.10 Å². The zero-order valence-corrected chi connectivity index (χ0v) is 11.0. The summed E-state index contributed by atoms with van der Waals surface area (Å²) >= 11 is 0. The molecule has 1 N–H and O–H groups in total. The molecule has 1 unspecified atom stereocenters. The third kappa shape index (κ3) is 3.20. The van der Waals surface area contributed by atoms with Crippen LogP contribution in [0.1, 0.15) is 23.9 Å². The van der Waals surface area contributed by atoms with Gasteiger partial charge in [-0.3, -0.25) is 4.68 Å². The number of hydrogen-bond donors (Lipinski definition) is 1. The fraction of sp³-hybridized carbons (Fsp3) is 0.400. The summed E-state index contributed by atoms with van der Waals surface area (Å²) in [6, 6.07) is 12.2. The maximum absolute atomic E-state index is 10.1. The van der Waals surface area contributed by atoms with Gasteiger partial charge in [-0.1, -0.05) is 37.3 Å². The Balaban J connectivity index is 1.98. The molecule has 0 radical (unpaired) electrons. The first kappa shape index (κ1) is 12.8. The smallest absolute Gasteiger partial charge is 0.0635 e. The van der Waals surface area contributed by atoms with Gasteiger partial charge < -0.3 is 5.11 Å². The van der Waals surface area contributed by atoms with Crippen molar-refractivity contribution >= 4 is 0 Å². The largest absolute Gasteiger partial charge is 0.392 e.